The van der Waals surface area contributed by atoms with Crippen molar-refractivity contribution in [2.45, 2.75) is 25.8 Å². The van der Waals surface area contributed by atoms with Crippen LogP contribution in [0.2, 0.25) is 0 Å². The van der Waals surface area contributed by atoms with Crippen LogP contribution in [0, 0.1) is 0 Å². The van der Waals surface area contributed by atoms with Crippen LogP contribution in [0.3, 0.4) is 0 Å². The van der Waals surface area contributed by atoms with E-state index in [1.54, 1.807) is 6.26 Å². The molecule has 0 unspecified atom stereocenters. The second-order valence-corrected chi connectivity index (χ2v) is 4.91. The quantitative estimate of drug-likeness (QED) is 0.559. The van der Waals surface area contributed by atoms with Crippen LogP contribution in [-0.2, 0) is 6.54 Å². The molecule has 21 heavy (non-hydrogen) atoms. The Morgan fingerprint density at radius 3 is 2.67 bits per heavy atom. The lowest BCUT2D eigenvalue weighted by molar-refractivity contribution is 0.517. The summed E-state index contributed by atoms with van der Waals surface area (Å²) in [6, 6.07) is 3.73. The van der Waals surface area contributed by atoms with Gasteiger partial charge in [0.25, 0.3) is 0 Å². The van der Waals surface area contributed by atoms with Crippen LogP contribution in [0.1, 0.15) is 25.0 Å². The highest BCUT2D eigenvalue weighted by atomic mass is 16.3. The summed E-state index contributed by atoms with van der Waals surface area (Å²) in [5.41, 5.74) is 2.49. The van der Waals surface area contributed by atoms with E-state index in [1.165, 1.54) is 6.42 Å². The van der Waals surface area contributed by atoms with Gasteiger partial charge in [0.1, 0.15) is 5.76 Å². The molecule has 4 N–H and O–H groups in total. The molecular weight excluding hydrogens is 270 g/mol. The normalized spacial score (nSPS) is 15.0. The fourth-order valence-electron chi connectivity index (χ4n) is 2.32. The summed E-state index contributed by atoms with van der Waals surface area (Å²) in [6.07, 6.45) is 5.21. The average Bonchev–Trinajstić information content (AvgIpc) is 3.07. The second kappa shape index (κ2) is 6.40. The van der Waals surface area contributed by atoms with Crippen molar-refractivity contribution < 1.29 is 4.42 Å². The van der Waals surface area contributed by atoms with Gasteiger partial charge in [0.05, 0.1) is 12.8 Å². The van der Waals surface area contributed by atoms with Crippen molar-refractivity contribution >= 4 is 17.8 Å². The molecule has 8 heteroatoms. The fraction of sp³-hybridized carbons (Fsp3) is 0.462. The first-order valence-corrected chi connectivity index (χ1v) is 7.09. The molecule has 0 aromatic carbocycles. The topological polar surface area (TPSA) is 105 Å². The first-order valence-electron chi connectivity index (χ1n) is 7.09. The van der Waals surface area contributed by atoms with E-state index < -0.39 is 0 Å². The van der Waals surface area contributed by atoms with Gasteiger partial charge in [-0.3, -0.25) is 5.43 Å². The second-order valence-electron chi connectivity index (χ2n) is 4.91. The molecule has 0 aliphatic carbocycles. The minimum absolute atomic E-state index is 0.354. The lowest BCUT2D eigenvalue weighted by Crippen LogP contribution is -2.31. The number of anilines is 3. The lowest BCUT2D eigenvalue weighted by Gasteiger charge is -2.26. The predicted octanol–water partition coefficient (Wildman–Crippen LogP) is 1.35. The van der Waals surface area contributed by atoms with Crippen LogP contribution >= 0.6 is 0 Å². The maximum absolute atomic E-state index is 5.44. The number of nitrogen functional groups attached to an aromatic ring is 1. The van der Waals surface area contributed by atoms with E-state index >= 15 is 0 Å². The molecule has 2 aromatic heterocycles. The average molecular weight is 289 g/mol. The lowest BCUT2D eigenvalue weighted by atomic mass is 10.1. The first kappa shape index (κ1) is 13.6. The number of aromatic nitrogens is 3. The molecule has 3 heterocycles. The van der Waals surface area contributed by atoms with Gasteiger partial charge in [0.15, 0.2) is 0 Å². The molecule has 0 atom stereocenters. The number of hydrogen-bond donors (Lipinski definition) is 3. The van der Waals surface area contributed by atoms with E-state index in [0.717, 1.165) is 31.7 Å². The van der Waals surface area contributed by atoms with Crippen LogP contribution in [-0.4, -0.2) is 28.0 Å². The molecular formula is C13H19N7O. The molecule has 0 bridgehead atoms. The number of nitrogens with one attached hydrogen (secondary N) is 2. The Hall–Kier alpha value is -2.35. The maximum Gasteiger partial charge on any atom is 0.243 e. The van der Waals surface area contributed by atoms with Gasteiger partial charge in [0.2, 0.25) is 17.8 Å². The minimum Gasteiger partial charge on any atom is -0.467 e. The monoisotopic (exact) mass is 289 g/mol. The van der Waals surface area contributed by atoms with Gasteiger partial charge < -0.3 is 14.6 Å². The number of nitrogens with two attached hydrogens (primary N) is 1. The van der Waals surface area contributed by atoms with Crippen LogP contribution < -0.4 is 21.5 Å². The molecule has 0 spiro atoms. The predicted molar refractivity (Wildman–Crippen MR) is 79.7 cm³/mol. The van der Waals surface area contributed by atoms with Crippen LogP contribution in [0.15, 0.2) is 22.8 Å². The third-order valence-electron chi connectivity index (χ3n) is 3.39. The highest BCUT2D eigenvalue weighted by molar-refractivity contribution is 5.43. The molecule has 2 aromatic rings. The number of hydrazine groups is 1. The van der Waals surface area contributed by atoms with Crippen LogP contribution in [0.25, 0.3) is 0 Å². The van der Waals surface area contributed by atoms with Crippen molar-refractivity contribution in [3.8, 4) is 0 Å². The maximum atomic E-state index is 5.44. The third kappa shape index (κ3) is 3.40. The zero-order valence-corrected chi connectivity index (χ0v) is 11.7. The van der Waals surface area contributed by atoms with Crippen LogP contribution in [0.5, 0.6) is 0 Å². The number of furan rings is 1. The number of rotatable bonds is 5. The van der Waals surface area contributed by atoms with Gasteiger partial charge >= 0.3 is 0 Å². The van der Waals surface area contributed by atoms with E-state index in [2.05, 4.69) is 30.6 Å². The Morgan fingerprint density at radius 1 is 1.14 bits per heavy atom. The molecule has 1 aliphatic heterocycles. The highest BCUT2D eigenvalue weighted by Crippen LogP contribution is 2.18. The number of piperidine rings is 1. The number of nitrogens with zero attached hydrogens (tertiary/aromatic N) is 4. The zero-order chi connectivity index (χ0) is 14.5. The van der Waals surface area contributed by atoms with Crippen molar-refractivity contribution in [1.82, 2.24) is 15.0 Å². The molecule has 0 amide bonds. The Kier molecular flexibility index (Phi) is 4.15. The van der Waals surface area contributed by atoms with Crippen molar-refractivity contribution in [2.75, 3.05) is 28.7 Å². The van der Waals surface area contributed by atoms with E-state index in [0.29, 0.717) is 24.4 Å². The summed E-state index contributed by atoms with van der Waals surface area (Å²) >= 11 is 0. The third-order valence-corrected chi connectivity index (χ3v) is 3.39. The largest absolute Gasteiger partial charge is 0.467 e. The van der Waals surface area contributed by atoms with Gasteiger partial charge in [0, 0.05) is 13.1 Å². The van der Waals surface area contributed by atoms with Crippen molar-refractivity contribution in [2.24, 2.45) is 5.84 Å². The Balaban J connectivity index is 1.75. The zero-order valence-electron chi connectivity index (χ0n) is 11.7. The van der Waals surface area contributed by atoms with Crippen molar-refractivity contribution in [3.63, 3.8) is 0 Å². The standard InChI is InChI=1S/C13H19N7O/c14-19-12-16-11(15-9-10-5-4-8-21-10)17-13(18-12)20-6-2-1-3-7-20/h4-5,8H,1-3,6-7,9,14H2,(H2,15,16,17,18,19). The minimum atomic E-state index is 0.354. The molecule has 1 aliphatic rings. The summed E-state index contributed by atoms with van der Waals surface area (Å²) < 4.78 is 5.27. The molecule has 8 nitrogen and oxygen atoms in total. The van der Waals surface area contributed by atoms with Gasteiger partial charge in [-0.25, -0.2) is 5.84 Å². The van der Waals surface area contributed by atoms with Crippen LogP contribution in [0.4, 0.5) is 17.8 Å². The molecule has 1 saturated heterocycles. The summed E-state index contributed by atoms with van der Waals surface area (Å²) in [5.74, 6) is 7.75. The smallest absolute Gasteiger partial charge is 0.243 e. The highest BCUT2D eigenvalue weighted by Gasteiger charge is 2.16. The molecule has 0 radical (unpaired) electrons. The molecule has 112 valence electrons. The Labute approximate surface area is 122 Å². The Bertz CT molecular complexity index is 566. The SMILES string of the molecule is NNc1nc(NCc2ccco2)nc(N2CCCCC2)n1. The summed E-state index contributed by atoms with van der Waals surface area (Å²) in [7, 11) is 0. The summed E-state index contributed by atoms with van der Waals surface area (Å²) in [6.45, 7) is 2.44. The molecule has 0 saturated carbocycles. The number of hydrogen-bond acceptors (Lipinski definition) is 8. The first-order chi connectivity index (χ1) is 10.3. The van der Waals surface area contributed by atoms with E-state index in [1.807, 2.05) is 12.1 Å². The van der Waals surface area contributed by atoms with Gasteiger partial charge in [-0.2, -0.15) is 15.0 Å². The van der Waals surface area contributed by atoms with E-state index in [-0.39, 0.29) is 0 Å². The van der Waals surface area contributed by atoms with E-state index in [4.69, 9.17) is 10.3 Å². The molecule has 3 rings (SSSR count). The summed E-state index contributed by atoms with van der Waals surface area (Å²) in [4.78, 5) is 15.1. The van der Waals surface area contributed by atoms with E-state index in [9.17, 15) is 0 Å². The van der Waals surface area contributed by atoms with Gasteiger partial charge in [-0.05, 0) is 31.4 Å². The summed E-state index contributed by atoms with van der Waals surface area (Å²) in [5, 5.41) is 3.12. The van der Waals surface area contributed by atoms with Crippen molar-refractivity contribution in [1.29, 1.82) is 0 Å². The van der Waals surface area contributed by atoms with Gasteiger partial charge in [-0.15, -0.1) is 0 Å². The molecule has 1 fully saturated rings. The van der Waals surface area contributed by atoms with Crippen molar-refractivity contribution in [3.05, 3.63) is 24.2 Å². The Morgan fingerprint density at radius 2 is 1.95 bits per heavy atom. The fourth-order valence-corrected chi connectivity index (χ4v) is 2.32. The van der Waals surface area contributed by atoms with Gasteiger partial charge in [-0.1, -0.05) is 0 Å².